The fourth-order valence-corrected chi connectivity index (χ4v) is 8.02. The minimum Gasteiger partial charge on any atom is -0.461 e. The Morgan fingerprint density at radius 3 is 2.70 bits per heavy atom. The third-order valence-electron chi connectivity index (χ3n) is 10.1. The Labute approximate surface area is 246 Å². The number of aryl methyl sites for hydroxylation is 2. The van der Waals surface area contributed by atoms with Crippen molar-refractivity contribution in [3.8, 4) is 17.1 Å². The van der Waals surface area contributed by atoms with Crippen molar-refractivity contribution in [2.24, 2.45) is 0 Å². The van der Waals surface area contributed by atoms with E-state index in [9.17, 15) is 8.78 Å². The molecule has 3 aromatic heterocycles. The molecule has 0 aliphatic carbocycles. The highest BCUT2D eigenvalue weighted by Gasteiger charge is 2.49. The Bertz CT molecular complexity index is 1760. The van der Waals surface area contributed by atoms with Gasteiger partial charge in [0.05, 0.1) is 11.1 Å². The second-order valence-electron chi connectivity index (χ2n) is 12.6. The summed E-state index contributed by atoms with van der Waals surface area (Å²) in [7, 11) is 0. The molecule has 0 amide bonds. The predicted octanol–water partition coefficient (Wildman–Crippen LogP) is 4.81. The molecule has 1 aromatic carbocycles. The second kappa shape index (κ2) is 9.68. The van der Waals surface area contributed by atoms with E-state index in [4.69, 9.17) is 29.8 Å². The normalized spacial score (nSPS) is 27.1. The van der Waals surface area contributed by atoms with Crippen LogP contribution in [0.4, 0.5) is 24.9 Å². The number of nitrogens with one attached hydrogen (secondary N) is 1. The zero-order valence-corrected chi connectivity index (χ0v) is 24.2. The molecule has 226 valence electrons. The molecular weight excluding hydrogens is 559 g/mol. The summed E-state index contributed by atoms with van der Waals surface area (Å²) >= 11 is 0. The zero-order chi connectivity index (χ0) is 29.6. The van der Waals surface area contributed by atoms with Gasteiger partial charge in [0, 0.05) is 72.0 Å². The van der Waals surface area contributed by atoms with Crippen LogP contribution in [0, 0.1) is 25.5 Å². The summed E-state index contributed by atoms with van der Waals surface area (Å²) in [6, 6.07) is 3.28. The number of pyridine rings is 1. The number of anilines is 2. The average molecular weight is 594 g/mol. The number of rotatable bonds is 5. The maximum atomic E-state index is 15.6. The van der Waals surface area contributed by atoms with Crippen molar-refractivity contribution in [3.05, 3.63) is 35.0 Å². The highest BCUT2D eigenvalue weighted by Crippen LogP contribution is 2.43. The lowest BCUT2D eigenvalue weighted by molar-refractivity contribution is 0.107. The quantitative estimate of drug-likeness (QED) is 0.337. The molecule has 7 heterocycles. The first-order valence-corrected chi connectivity index (χ1v) is 15.1. The molecule has 9 nitrogen and oxygen atoms in total. The first kappa shape index (κ1) is 26.9. The van der Waals surface area contributed by atoms with E-state index < -0.39 is 17.8 Å². The molecule has 2 unspecified atom stereocenters. The number of aromatic nitrogens is 3. The molecule has 0 spiro atoms. The van der Waals surface area contributed by atoms with Crippen molar-refractivity contribution in [2.75, 3.05) is 43.4 Å². The molecule has 4 fully saturated rings. The third kappa shape index (κ3) is 4.09. The number of piperazine rings is 1. The summed E-state index contributed by atoms with van der Waals surface area (Å²) in [4.78, 5) is 19.2. The van der Waals surface area contributed by atoms with Crippen molar-refractivity contribution < 1.29 is 22.3 Å². The number of benzene rings is 1. The number of furan rings is 1. The first-order chi connectivity index (χ1) is 20.7. The lowest BCUT2D eigenvalue weighted by atomic mass is 9.95. The maximum absolute atomic E-state index is 15.6. The molecule has 8 rings (SSSR count). The molecule has 12 heteroatoms. The summed E-state index contributed by atoms with van der Waals surface area (Å²) in [5, 5.41) is 3.78. The van der Waals surface area contributed by atoms with Crippen molar-refractivity contribution in [1.82, 2.24) is 25.2 Å². The highest BCUT2D eigenvalue weighted by molar-refractivity contribution is 6.01. The number of alkyl halides is 1. The van der Waals surface area contributed by atoms with Crippen molar-refractivity contribution in [2.45, 2.75) is 69.7 Å². The monoisotopic (exact) mass is 593 g/mol. The van der Waals surface area contributed by atoms with Gasteiger partial charge in [-0.15, -0.1) is 0 Å². The topological polar surface area (TPSA) is 106 Å². The van der Waals surface area contributed by atoms with Gasteiger partial charge in [-0.25, -0.2) is 18.2 Å². The van der Waals surface area contributed by atoms with E-state index >= 15 is 4.39 Å². The Morgan fingerprint density at radius 1 is 1.12 bits per heavy atom. The molecule has 4 saturated heterocycles. The van der Waals surface area contributed by atoms with Gasteiger partial charge in [0.1, 0.15) is 24.1 Å². The van der Waals surface area contributed by atoms with E-state index in [1.165, 1.54) is 0 Å². The second-order valence-corrected chi connectivity index (χ2v) is 12.6. The molecule has 4 atom stereocenters. The van der Waals surface area contributed by atoms with Gasteiger partial charge in [-0.1, -0.05) is 0 Å². The van der Waals surface area contributed by atoms with Gasteiger partial charge in [-0.05, 0) is 52.1 Å². The predicted molar refractivity (Wildman–Crippen MR) is 157 cm³/mol. The molecule has 0 saturated carbocycles. The Morgan fingerprint density at radius 2 is 1.91 bits per heavy atom. The minimum absolute atomic E-state index is 0.0318. The Balaban J connectivity index is 1.28. The lowest BCUT2D eigenvalue weighted by Crippen LogP contribution is -2.52. The number of nitrogen functional groups attached to an aromatic ring is 1. The summed E-state index contributed by atoms with van der Waals surface area (Å²) in [5.41, 5.74) is 8.22. The number of nitrogens with zero attached hydrogens (tertiary/aromatic N) is 5. The van der Waals surface area contributed by atoms with Gasteiger partial charge in [-0.3, -0.25) is 4.90 Å². The van der Waals surface area contributed by atoms with E-state index in [1.807, 2.05) is 0 Å². The van der Waals surface area contributed by atoms with Crippen LogP contribution in [0.2, 0.25) is 0 Å². The van der Waals surface area contributed by atoms with E-state index in [2.05, 4.69) is 15.1 Å². The van der Waals surface area contributed by atoms with Crippen LogP contribution >= 0.6 is 0 Å². The molecule has 4 aromatic rings. The summed E-state index contributed by atoms with van der Waals surface area (Å²) in [5.74, 6) is -0.844. The fourth-order valence-electron chi connectivity index (χ4n) is 8.02. The lowest BCUT2D eigenvalue weighted by Gasteiger charge is -2.36. The van der Waals surface area contributed by atoms with Crippen LogP contribution in [0.3, 0.4) is 0 Å². The molecule has 4 aliphatic heterocycles. The summed E-state index contributed by atoms with van der Waals surface area (Å²) in [6.45, 7) is 6.73. The number of halogens is 3. The molecule has 2 bridgehead atoms. The molecule has 43 heavy (non-hydrogen) atoms. The Hall–Kier alpha value is -3.64. The van der Waals surface area contributed by atoms with E-state index in [0.29, 0.717) is 53.2 Å². The van der Waals surface area contributed by atoms with E-state index in [-0.39, 0.29) is 46.0 Å². The van der Waals surface area contributed by atoms with Crippen LogP contribution in [-0.2, 0) is 0 Å². The van der Waals surface area contributed by atoms with Crippen LogP contribution in [0.15, 0.2) is 16.5 Å². The van der Waals surface area contributed by atoms with Crippen LogP contribution in [0.1, 0.15) is 43.4 Å². The van der Waals surface area contributed by atoms with Gasteiger partial charge in [0.2, 0.25) is 0 Å². The molecule has 3 N–H and O–H groups in total. The van der Waals surface area contributed by atoms with Crippen LogP contribution in [-0.4, -0.2) is 76.4 Å². The fraction of sp³-hybridized carbons (Fsp3) is 0.516. The number of hydrogen-bond acceptors (Lipinski definition) is 9. The Kier molecular flexibility index (Phi) is 6.07. The number of hydrogen-bond donors (Lipinski definition) is 2. The average Bonchev–Trinajstić information content (AvgIpc) is 3.66. The largest absolute Gasteiger partial charge is 0.461 e. The minimum atomic E-state index is -0.869. The number of ether oxygens (including phenoxy) is 1. The van der Waals surface area contributed by atoms with Gasteiger partial charge in [0.15, 0.2) is 23.1 Å². The number of nitrogens with two attached hydrogens (primary N) is 1. The number of fused-ring (bicyclic) bond motifs is 5. The van der Waals surface area contributed by atoms with Gasteiger partial charge >= 0.3 is 6.01 Å². The molecular formula is C31H34F3N7O2. The zero-order valence-electron chi connectivity index (χ0n) is 24.2. The van der Waals surface area contributed by atoms with Crippen LogP contribution in [0.5, 0.6) is 6.01 Å². The van der Waals surface area contributed by atoms with Crippen molar-refractivity contribution >= 4 is 33.7 Å². The summed E-state index contributed by atoms with van der Waals surface area (Å²) in [6.07, 6.45) is 3.51. The van der Waals surface area contributed by atoms with Crippen LogP contribution < -0.4 is 20.7 Å². The molecule has 4 aliphatic rings. The molecule has 0 radical (unpaired) electrons. The van der Waals surface area contributed by atoms with Crippen molar-refractivity contribution in [3.63, 3.8) is 0 Å². The standard InChI is InChI=1S/C31H34F3N7O2/c1-15-24-25(21(33)9-22(34)27(24)43-28(15)35)20-8-23-26(37-16(20)2)29(41-18-4-5-19(41)12-36-11-18)39-30(38-23)42-14-31-6-3-7-40(31)13-17(32)10-31/h8-9,17-19,36H,3-7,10-14,35H2,1-2H3/t17-,18?,19?,31+/m1/s1. The van der Waals surface area contributed by atoms with E-state index in [0.717, 1.165) is 51.4 Å². The van der Waals surface area contributed by atoms with E-state index in [1.54, 1.807) is 19.9 Å². The first-order valence-electron chi connectivity index (χ1n) is 15.1. The van der Waals surface area contributed by atoms with Crippen LogP contribution in [0.25, 0.3) is 33.1 Å². The maximum Gasteiger partial charge on any atom is 0.319 e. The highest BCUT2D eigenvalue weighted by atomic mass is 19.1. The van der Waals surface area contributed by atoms with Gasteiger partial charge < -0.3 is 25.1 Å². The summed E-state index contributed by atoms with van der Waals surface area (Å²) < 4.78 is 56.6. The third-order valence-corrected chi connectivity index (χ3v) is 10.1. The van der Waals surface area contributed by atoms with Crippen molar-refractivity contribution in [1.29, 1.82) is 0 Å². The smallest absolute Gasteiger partial charge is 0.319 e. The van der Waals surface area contributed by atoms with Gasteiger partial charge in [-0.2, -0.15) is 9.97 Å². The SMILES string of the molecule is Cc1nc2c(N3C4CCC3CNC4)nc(OC[C@@]34CCCN3C[C@H](F)C4)nc2cc1-c1c(F)cc(F)c2oc(N)c(C)c12. The van der Waals surface area contributed by atoms with Gasteiger partial charge in [0.25, 0.3) is 0 Å².